The van der Waals surface area contributed by atoms with Gasteiger partial charge in [0, 0.05) is 10.7 Å². The summed E-state index contributed by atoms with van der Waals surface area (Å²) < 4.78 is 1.83. The summed E-state index contributed by atoms with van der Waals surface area (Å²) in [6, 6.07) is 13.3. The molecule has 2 aromatic carbocycles. The van der Waals surface area contributed by atoms with Gasteiger partial charge in [-0.3, -0.25) is 4.79 Å². The third kappa shape index (κ3) is 3.59. The van der Waals surface area contributed by atoms with Crippen LogP contribution in [0.1, 0.15) is 28.6 Å². The number of hydrogen-bond acceptors (Lipinski definition) is 5. The van der Waals surface area contributed by atoms with Crippen molar-refractivity contribution in [2.75, 3.05) is 10.7 Å². The van der Waals surface area contributed by atoms with Crippen molar-refractivity contribution in [3.8, 4) is 0 Å². The van der Waals surface area contributed by atoms with Gasteiger partial charge in [0.15, 0.2) is 0 Å². The third-order valence-corrected chi connectivity index (χ3v) is 6.20. The lowest BCUT2D eigenvalue weighted by atomic mass is 10.0. The van der Waals surface area contributed by atoms with E-state index in [1.165, 1.54) is 11.8 Å². The summed E-state index contributed by atoms with van der Waals surface area (Å²) in [5, 5.41) is 12.3. The molecule has 0 aliphatic carbocycles. The maximum Gasteiger partial charge on any atom is 0.240 e. The third-order valence-electron chi connectivity index (χ3n) is 4.74. The Morgan fingerprint density at radius 2 is 1.89 bits per heavy atom. The molecule has 2 heterocycles. The average Bonchev–Trinajstić information content (AvgIpc) is 3.04. The largest absolute Gasteiger partial charge is 0.325 e. The van der Waals surface area contributed by atoms with Crippen LogP contribution in [0.2, 0.25) is 5.02 Å². The number of aryl methyl sites for hydroxylation is 3. The van der Waals surface area contributed by atoms with Crippen molar-refractivity contribution in [3.05, 3.63) is 70.0 Å². The van der Waals surface area contributed by atoms with Crippen LogP contribution in [-0.4, -0.2) is 26.0 Å². The molecule has 144 valence electrons. The molecule has 0 saturated carbocycles. The lowest BCUT2D eigenvalue weighted by molar-refractivity contribution is -0.116. The monoisotopic (exact) mass is 413 g/mol. The minimum Gasteiger partial charge on any atom is -0.325 e. The van der Waals surface area contributed by atoms with Crippen molar-refractivity contribution in [1.29, 1.82) is 0 Å². The smallest absolute Gasteiger partial charge is 0.240 e. The van der Waals surface area contributed by atoms with Gasteiger partial charge in [-0.2, -0.15) is 0 Å². The molecule has 0 unspecified atom stereocenters. The Morgan fingerprint density at radius 3 is 2.64 bits per heavy atom. The molecule has 0 radical (unpaired) electrons. The Labute approximate surface area is 172 Å². The van der Waals surface area contributed by atoms with Gasteiger partial charge in [-0.15, -0.1) is 10.2 Å². The molecule has 8 heteroatoms. The van der Waals surface area contributed by atoms with Crippen LogP contribution in [-0.2, 0) is 4.79 Å². The van der Waals surface area contributed by atoms with Crippen LogP contribution < -0.4 is 10.7 Å². The van der Waals surface area contributed by atoms with E-state index in [9.17, 15) is 4.79 Å². The number of nitrogens with zero attached hydrogens (tertiary/aromatic N) is 3. The van der Waals surface area contributed by atoms with E-state index in [4.69, 9.17) is 11.6 Å². The number of carbonyl (C=O) groups excluding carboxylic acids is 1. The highest BCUT2D eigenvalue weighted by atomic mass is 35.5. The van der Waals surface area contributed by atoms with Crippen LogP contribution >= 0.6 is 23.4 Å². The number of rotatable bonds is 3. The van der Waals surface area contributed by atoms with Crippen LogP contribution in [0.5, 0.6) is 0 Å². The predicted octanol–water partition coefficient (Wildman–Crippen LogP) is 4.25. The van der Waals surface area contributed by atoms with Crippen LogP contribution in [0.25, 0.3) is 0 Å². The topological polar surface area (TPSA) is 71.8 Å². The molecule has 3 aromatic rings. The molecule has 1 aliphatic rings. The number of fused-ring (bicyclic) bond motifs is 1. The molecule has 0 saturated heterocycles. The lowest BCUT2D eigenvalue weighted by Crippen LogP contribution is -2.41. The number of thioether (sulfide) groups is 1. The standard InChI is InChI=1S/C20H20ClN5OS/c1-11-4-5-12(2)16(10-11)22-19(27)18-17(14-6-8-15(21)9-7-14)25-26-13(3)23-24-20(26)28-18/h4-10,17-18,25H,1-3H3,(H,22,27)/t17-,18+/m1/s1. The zero-order valence-corrected chi connectivity index (χ0v) is 17.3. The Kier molecular flexibility index (Phi) is 5.03. The fourth-order valence-electron chi connectivity index (χ4n) is 3.16. The maximum absolute atomic E-state index is 13.2. The van der Waals surface area contributed by atoms with Crippen LogP contribution in [0.4, 0.5) is 5.69 Å². The zero-order valence-electron chi connectivity index (χ0n) is 15.7. The normalized spacial score (nSPS) is 18.3. The first-order valence-electron chi connectivity index (χ1n) is 8.91. The molecule has 1 aromatic heterocycles. The Bertz CT molecular complexity index is 1030. The average molecular weight is 414 g/mol. The highest BCUT2D eigenvalue weighted by molar-refractivity contribution is 8.00. The van der Waals surface area contributed by atoms with Crippen molar-refractivity contribution in [2.24, 2.45) is 0 Å². The molecule has 0 bridgehead atoms. The molecule has 1 aliphatic heterocycles. The molecule has 1 amide bonds. The zero-order chi connectivity index (χ0) is 19.8. The first kappa shape index (κ1) is 18.8. The van der Waals surface area contributed by atoms with Gasteiger partial charge >= 0.3 is 0 Å². The van der Waals surface area contributed by atoms with E-state index in [-0.39, 0.29) is 11.9 Å². The number of halogens is 1. The first-order chi connectivity index (χ1) is 13.4. The van der Waals surface area contributed by atoms with E-state index in [2.05, 4.69) is 20.9 Å². The van der Waals surface area contributed by atoms with Crippen molar-refractivity contribution in [3.63, 3.8) is 0 Å². The molecular weight excluding hydrogens is 394 g/mol. The van der Waals surface area contributed by atoms with E-state index >= 15 is 0 Å². The second-order valence-electron chi connectivity index (χ2n) is 6.87. The summed E-state index contributed by atoms with van der Waals surface area (Å²) in [6.45, 7) is 5.87. The second-order valence-corrected chi connectivity index (χ2v) is 8.41. The highest BCUT2D eigenvalue weighted by Gasteiger charge is 2.37. The Hall–Kier alpha value is -2.51. The molecule has 0 fully saturated rings. The molecule has 0 spiro atoms. The van der Waals surface area contributed by atoms with Crippen molar-refractivity contribution < 1.29 is 4.79 Å². The van der Waals surface area contributed by atoms with Gasteiger partial charge in [0.05, 0.1) is 6.04 Å². The van der Waals surface area contributed by atoms with Gasteiger partial charge in [0.25, 0.3) is 0 Å². The number of benzene rings is 2. The lowest BCUT2D eigenvalue weighted by Gasteiger charge is -2.33. The number of nitrogens with one attached hydrogen (secondary N) is 2. The summed E-state index contributed by atoms with van der Waals surface area (Å²) in [5.41, 5.74) is 7.30. The van der Waals surface area contributed by atoms with E-state index in [0.717, 1.165) is 28.2 Å². The van der Waals surface area contributed by atoms with E-state index in [0.29, 0.717) is 10.2 Å². The number of amides is 1. The van der Waals surface area contributed by atoms with Crippen LogP contribution in [0, 0.1) is 20.8 Å². The maximum atomic E-state index is 13.2. The van der Waals surface area contributed by atoms with Crippen molar-refractivity contribution >= 4 is 35.0 Å². The number of carbonyl (C=O) groups is 1. The van der Waals surface area contributed by atoms with Gasteiger partial charge in [0.1, 0.15) is 11.1 Å². The Morgan fingerprint density at radius 1 is 1.14 bits per heavy atom. The molecule has 6 nitrogen and oxygen atoms in total. The molecule has 28 heavy (non-hydrogen) atoms. The second kappa shape index (κ2) is 7.48. The first-order valence-corrected chi connectivity index (χ1v) is 10.2. The number of anilines is 1. The van der Waals surface area contributed by atoms with Gasteiger partial charge in [0.2, 0.25) is 11.1 Å². The van der Waals surface area contributed by atoms with Gasteiger partial charge in [-0.1, -0.05) is 47.6 Å². The molecule has 2 N–H and O–H groups in total. The summed E-state index contributed by atoms with van der Waals surface area (Å²) in [7, 11) is 0. The minimum absolute atomic E-state index is 0.0851. The molecular formula is C20H20ClN5OS. The summed E-state index contributed by atoms with van der Waals surface area (Å²) in [4.78, 5) is 13.2. The van der Waals surface area contributed by atoms with Crippen molar-refractivity contribution in [2.45, 2.75) is 37.2 Å². The van der Waals surface area contributed by atoms with E-state index in [1.807, 2.05) is 67.9 Å². The highest BCUT2D eigenvalue weighted by Crippen LogP contribution is 2.38. The minimum atomic E-state index is -0.419. The van der Waals surface area contributed by atoms with Crippen molar-refractivity contribution in [1.82, 2.24) is 14.9 Å². The fourth-order valence-corrected chi connectivity index (χ4v) is 4.41. The predicted molar refractivity (Wildman–Crippen MR) is 113 cm³/mol. The van der Waals surface area contributed by atoms with E-state index < -0.39 is 5.25 Å². The fraction of sp³-hybridized carbons (Fsp3) is 0.250. The number of aromatic nitrogens is 3. The molecule has 2 atom stereocenters. The van der Waals surface area contributed by atoms with Gasteiger partial charge in [-0.25, -0.2) is 4.68 Å². The quantitative estimate of drug-likeness (QED) is 0.671. The van der Waals surface area contributed by atoms with Crippen LogP contribution in [0.15, 0.2) is 47.6 Å². The van der Waals surface area contributed by atoms with Gasteiger partial charge < -0.3 is 10.7 Å². The van der Waals surface area contributed by atoms with Gasteiger partial charge in [-0.05, 0) is 55.7 Å². The SMILES string of the molecule is Cc1ccc(C)c(NC(=O)[C@H]2Sc3nnc(C)n3N[C@@H]2c2ccc(Cl)cc2)c1. The molecule has 4 rings (SSSR count). The Balaban J connectivity index is 1.68. The van der Waals surface area contributed by atoms with E-state index in [1.54, 1.807) is 0 Å². The summed E-state index contributed by atoms with van der Waals surface area (Å²) in [6.07, 6.45) is 0. The van der Waals surface area contributed by atoms with Crippen LogP contribution in [0.3, 0.4) is 0 Å². The summed E-state index contributed by atoms with van der Waals surface area (Å²) >= 11 is 7.45. The summed E-state index contributed by atoms with van der Waals surface area (Å²) in [5.74, 6) is 0.660. The number of hydrogen-bond donors (Lipinski definition) is 2.